The van der Waals surface area contributed by atoms with Crippen molar-refractivity contribution in [2.24, 2.45) is 0 Å². The molecule has 0 saturated carbocycles. The van der Waals surface area contributed by atoms with Crippen molar-refractivity contribution in [2.45, 2.75) is 6.42 Å². The molecule has 2 aromatic rings. The number of hydrogen-bond donors (Lipinski definition) is 1. The van der Waals surface area contributed by atoms with Crippen LogP contribution in [0, 0.1) is 10.1 Å². The average molecular weight is 409 g/mol. The summed E-state index contributed by atoms with van der Waals surface area (Å²) in [4.78, 5) is 33.9. The monoisotopic (exact) mass is 408 g/mol. The van der Waals surface area contributed by atoms with Gasteiger partial charge in [0.05, 0.1) is 25.1 Å². The van der Waals surface area contributed by atoms with Gasteiger partial charge in [0.25, 0.3) is 11.6 Å². The molecule has 9 nitrogen and oxygen atoms in total. The summed E-state index contributed by atoms with van der Waals surface area (Å²) in [5.74, 6) is -0.392. The number of carbonyl (C=O) groups excluding carboxylic acids is 2. The Morgan fingerprint density at radius 3 is 2.57 bits per heavy atom. The second kappa shape index (κ2) is 10.1. The van der Waals surface area contributed by atoms with E-state index >= 15 is 0 Å². The van der Waals surface area contributed by atoms with Gasteiger partial charge in [-0.1, -0.05) is 23.7 Å². The fourth-order valence-electron chi connectivity index (χ4n) is 2.15. The summed E-state index contributed by atoms with van der Waals surface area (Å²) in [5.41, 5.74) is -0.410. The number of hydrogen-bond acceptors (Lipinski definition) is 7. The molecule has 1 amide bonds. The quantitative estimate of drug-likeness (QED) is 0.384. The molecule has 2 aromatic carbocycles. The zero-order valence-electron chi connectivity index (χ0n) is 14.8. The molecule has 0 spiro atoms. The van der Waals surface area contributed by atoms with Crippen molar-refractivity contribution in [3.63, 3.8) is 0 Å². The van der Waals surface area contributed by atoms with Gasteiger partial charge in [-0.2, -0.15) is 0 Å². The number of nitrogens with zero attached hydrogens (tertiary/aromatic N) is 1. The van der Waals surface area contributed by atoms with E-state index in [0.717, 1.165) is 0 Å². The highest BCUT2D eigenvalue weighted by Crippen LogP contribution is 2.27. The van der Waals surface area contributed by atoms with E-state index in [4.69, 9.17) is 25.8 Å². The summed E-state index contributed by atoms with van der Waals surface area (Å²) in [6, 6.07) is 10.7. The van der Waals surface area contributed by atoms with Crippen LogP contribution in [0.2, 0.25) is 5.02 Å². The van der Waals surface area contributed by atoms with E-state index in [0.29, 0.717) is 11.5 Å². The van der Waals surface area contributed by atoms with E-state index in [-0.39, 0.29) is 29.4 Å². The van der Waals surface area contributed by atoms with Gasteiger partial charge in [-0.05, 0) is 24.3 Å². The minimum Gasteiger partial charge on any atom is -0.493 e. The Hall–Kier alpha value is -3.33. The van der Waals surface area contributed by atoms with Crippen LogP contribution in [0.15, 0.2) is 42.5 Å². The lowest BCUT2D eigenvalue weighted by Gasteiger charge is -2.10. The number of amides is 1. The lowest BCUT2D eigenvalue weighted by Crippen LogP contribution is -2.22. The van der Waals surface area contributed by atoms with E-state index < -0.39 is 23.4 Å². The molecular weight excluding hydrogens is 392 g/mol. The Bertz CT molecular complexity index is 873. The van der Waals surface area contributed by atoms with E-state index in [1.54, 1.807) is 24.3 Å². The average Bonchev–Trinajstić information content (AvgIpc) is 2.66. The molecule has 0 heterocycles. The molecule has 0 aliphatic heterocycles. The fourth-order valence-corrected chi connectivity index (χ4v) is 2.33. The highest BCUT2D eigenvalue weighted by atomic mass is 35.5. The summed E-state index contributed by atoms with van der Waals surface area (Å²) >= 11 is 5.78. The molecule has 0 atom stereocenters. The SMILES string of the molecule is COc1ccccc1OCCC(=O)OCC(=O)Nc1cc(Cl)ccc1[N+](=O)[O-]. The number of ether oxygens (including phenoxy) is 3. The second-order valence-corrected chi connectivity index (χ2v) is 5.81. The third-order valence-electron chi connectivity index (χ3n) is 3.43. The highest BCUT2D eigenvalue weighted by molar-refractivity contribution is 6.31. The van der Waals surface area contributed by atoms with Crippen molar-refractivity contribution in [3.05, 3.63) is 57.6 Å². The van der Waals surface area contributed by atoms with Crippen LogP contribution in [0.4, 0.5) is 11.4 Å². The smallest absolute Gasteiger partial charge is 0.309 e. The molecule has 0 unspecified atom stereocenters. The maximum atomic E-state index is 11.9. The molecule has 0 aliphatic carbocycles. The number of nitro groups is 1. The lowest BCUT2D eigenvalue weighted by atomic mass is 10.2. The summed E-state index contributed by atoms with van der Waals surface area (Å²) in [7, 11) is 1.50. The zero-order chi connectivity index (χ0) is 20.5. The van der Waals surface area contributed by atoms with Crippen molar-refractivity contribution >= 4 is 34.9 Å². The number of carbonyl (C=O) groups is 2. The van der Waals surface area contributed by atoms with Crippen molar-refractivity contribution in [3.8, 4) is 11.5 Å². The number of nitro benzene ring substituents is 1. The van der Waals surface area contributed by atoms with Crippen LogP contribution >= 0.6 is 11.6 Å². The van der Waals surface area contributed by atoms with Crippen LogP contribution in [-0.4, -0.2) is 37.1 Å². The molecule has 1 N–H and O–H groups in total. The summed E-state index contributed by atoms with van der Waals surface area (Å²) in [6.45, 7) is -0.572. The van der Waals surface area contributed by atoms with Crippen LogP contribution in [0.5, 0.6) is 11.5 Å². The number of nitrogens with one attached hydrogen (secondary N) is 1. The number of esters is 1. The Morgan fingerprint density at radius 1 is 1.18 bits per heavy atom. The molecule has 0 saturated heterocycles. The topological polar surface area (TPSA) is 117 Å². The molecule has 0 aromatic heterocycles. The number of para-hydroxylation sites is 2. The molecule has 28 heavy (non-hydrogen) atoms. The first-order valence-corrected chi connectivity index (χ1v) is 8.43. The summed E-state index contributed by atoms with van der Waals surface area (Å²) in [6.07, 6.45) is -0.0946. The molecule has 0 radical (unpaired) electrons. The largest absolute Gasteiger partial charge is 0.493 e. The van der Waals surface area contributed by atoms with Gasteiger partial charge in [0, 0.05) is 11.1 Å². The first kappa shape index (κ1) is 21.0. The van der Waals surface area contributed by atoms with Crippen LogP contribution in [0.3, 0.4) is 0 Å². The van der Waals surface area contributed by atoms with Gasteiger partial charge in [0.15, 0.2) is 18.1 Å². The predicted octanol–water partition coefficient (Wildman–Crippen LogP) is 3.21. The van der Waals surface area contributed by atoms with Gasteiger partial charge in [0.2, 0.25) is 0 Å². The number of benzene rings is 2. The van der Waals surface area contributed by atoms with E-state index in [1.807, 2.05) is 0 Å². The Kier molecular flexibility index (Phi) is 7.58. The maximum Gasteiger partial charge on any atom is 0.309 e. The van der Waals surface area contributed by atoms with Gasteiger partial charge in [-0.3, -0.25) is 19.7 Å². The number of rotatable bonds is 9. The molecule has 148 valence electrons. The van der Waals surface area contributed by atoms with Crippen LogP contribution < -0.4 is 14.8 Å². The first-order valence-electron chi connectivity index (χ1n) is 8.06. The van der Waals surface area contributed by atoms with Gasteiger partial charge in [-0.15, -0.1) is 0 Å². The Labute approximate surface area is 165 Å². The van der Waals surface area contributed by atoms with Gasteiger partial charge in [0.1, 0.15) is 5.69 Å². The minimum absolute atomic E-state index is 0.0284. The summed E-state index contributed by atoms with van der Waals surface area (Å²) < 4.78 is 15.4. The van der Waals surface area contributed by atoms with Crippen molar-refractivity contribution < 1.29 is 28.7 Å². The molecule has 0 fully saturated rings. The molecule has 2 rings (SSSR count). The lowest BCUT2D eigenvalue weighted by molar-refractivity contribution is -0.383. The van der Waals surface area contributed by atoms with Gasteiger partial charge < -0.3 is 19.5 Å². The zero-order valence-corrected chi connectivity index (χ0v) is 15.6. The number of halogens is 1. The normalized spacial score (nSPS) is 10.1. The highest BCUT2D eigenvalue weighted by Gasteiger charge is 2.17. The predicted molar refractivity (Wildman–Crippen MR) is 101 cm³/mol. The van der Waals surface area contributed by atoms with E-state index in [2.05, 4.69) is 5.32 Å². The van der Waals surface area contributed by atoms with Crippen LogP contribution in [0.1, 0.15) is 6.42 Å². The standard InChI is InChI=1S/C18H17ClN2O7/c1-26-15-4-2-3-5-16(15)27-9-8-18(23)28-11-17(22)20-13-10-12(19)6-7-14(13)21(24)25/h2-7,10H,8-9,11H2,1H3,(H,20,22). The third-order valence-corrected chi connectivity index (χ3v) is 3.66. The van der Waals surface area contributed by atoms with Crippen molar-refractivity contribution in [1.82, 2.24) is 0 Å². The first-order chi connectivity index (χ1) is 13.4. The van der Waals surface area contributed by atoms with Gasteiger partial charge in [-0.25, -0.2) is 0 Å². The van der Waals surface area contributed by atoms with Gasteiger partial charge >= 0.3 is 5.97 Å². The third kappa shape index (κ3) is 6.13. The second-order valence-electron chi connectivity index (χ2n) is 5.38. The van der Waals surface area contributed by atoms with E-state index in [1.165, 1.54) is 25.3 Å². The van der Waals surface area contributed by atoms with Crippen molar-refractivity contribution in [1.29, 1.82) is 0 Å². The molecule has 0 bridgehead atoms. The molecule has 10 heteroatoms. The van der Waals surface area contributed by atoms with Crippen LogP contribution in [-0.2, 0) is 14.3 Å². The number of anilines is 1. The summed E-state index contributed by atoms with van der Waals surface area (Å²) in [5, 5.41) is 13.5. The molecule has 0 aliphatic rings. The fraction of sp³-hybridized carbons (Fsp3) is 0.222. The number of methoxy groups -OCH3 is 1. The Morgan fingerprint density at radius 2 is 1.89 bits per heavy atom. The van der Waals surface area contributed by atoms with E-state index in [9.17, 15) is 19.7 Å². The van der Waals surface area contributed by atoms with Crippen molar-refractivity contribution in [2.75, 3.05) is 25.6 Å². The Balaban J connectivity index is 1.79. The maximum absolute atomic E-state index is 11.9. The minimum atomic E-state index is -0.732. The van der Waals surface area contributed by atoms with Crippen LogP contribution in [0.25, 0.3) is 0 Å². The molecular formula is C18H17ClN2O7.